The van der Waals surface area contributed by atoms with Crippen molar-refractivity contribution >= 4 is 11.7 Å². The van der Waals surface area contributed by atoms with E-state index in [1.165, 1.54) is 12.1 Å². The van der Waals surface area contributed by atoms with Crippen LogP contribution in [0.25, 0.3) is 0 Å². The summed E-state index contributed by atoms with van der Waals surface area (Å²) in [6, 6.07) is 14.3. The molecule has 1 aliphatic rings. The lowest BCUT2D eigenvalue weighted by atomic mass is 10.0. The molecule has 0 aromatic heterocycles. The van der Waals surface area contributed by atoms with Crippen molar-refractivity contribution in [2.75, 3.05) is 25.0 Å². The van der Waals surface area contributed by atoms with Gasteiger partial charge in [-0.3, -0.25) is 0 Å². The fourth-order valence-corrected chi connectivity index (χ4v) is 3.53. The third kappa shape index (κ3) is 5.30. The second-order valence-electron chi connectivity index (χ2n) is 7.22. The average Bonchev–Trinajstić information content (AvgIpc) is 2.69. The van der Waals surface area contributed by atoms with E-state index in [0.717, 1.165) is 49.3 Å². The number of hydrogen-bond acceptors (Lipinski definition) is 2. The van der Waals surface area contributed by atoms with Gasteiger partial charge in [0.05, 0.1) is 0 Å². The number of carbonyl (C=O) groups is 1. The van der Waals surface area contributed by atoms with Crippen molar-refractivity contribution in [3.8, 4) is 0 Å². The predicted molar refractivity (Wildman–Crippen MR) is 107 cm³/mol. The zero-order chi connectivity index (χ0) is 19.2. The molecule has 1 saturated heterocycles. The molecule has 0 atom stereocenters. The Morgan fingerprint density at radius 2 is 1.74 bits per heavy atom. The summed E-state index contributed by atoms with van der Waals surface area (Å²) in [5.74, 6) is -0.259. The number of carbonyl (C=O) groups excluding carboxylic acids is 1. The molecule has 2 amide bonds. The fourth-order valence-electron chi connectivity index (χ4n) is 3.53. The topological polar surface area (TPSA) is 35.6 Å². The quantitative estimate of drug-likeness (QED) is 0.832. The van der Waals surface area contributed by atoms with Gasteiger partial charge in [-0.05, 0) is 56.1 Å². The van der Waals surface area contributed by atoms with E-state index in [1.54, 1.807) is 12.1 Å². The molecule has 5 heteroatoms. The van der Waals surface area contributed by atoms with Crippen molar-refractivity contribution in [1.82, 2.24) is 9.80 Å². The van der Waals surface area contributed by atoms with Crippen LogP contribution < -0.4 is 5.32 Å². The fraction of sp³-hybridized carbons (Fsp3) is 0.409. The van der Waals surface area contributed by atoms with E-state index in [4.69, 9.17) is 0 Å². The first-order chi connectivity index (χ1) is 13.0. The second-order valence-corrected chi connectivity index (χ2v) is 7.22. The van der Waals surface area contributed by atoms with Crippen LogP contribution in [0.3, 0.4) is 0 Å². The Labute approximate surface area is 161 Å². The number of urea groups is 1. The molecule has 0 bridgehead atoms. The highest BCUT2D eigenvalue weighted by molar-refractivity contribution is 5.89. The largest absolute Gasteiger partial charge is 0.322 e. The summed E-state index contributed by atoms with van der Waals surface area (Å²) in [6.45, 7) is 7.71. The summed E-state index contributed by atoms with van der Waals surface area (Å²) >= 11 is 0. The highest BCUT2D eigenvalue weighted by atomic mass is 19.1. The number of nitrogens with zero attached hydrogens (tertiary/aromatic N) is 2. The van der Waals surface area contributed by atoms with Crippen LogP contribution in [-0.4, -0.2) is 41.5 Å². The van der Waals surface area contributed by atoms with Gasteiger partial charge in [0.1, 0.15) is 5.82 Å². The monoisotopic (exact) mass is 369 g/mol. The minimum Gasteiger partial charge on any atom is -0.317 e. The van der Waals surface area contributed by atoms with Crippen molar-refractivity contribution in [3.63, 3.8) is 0 Å². The molecule has 27 heavy (non-hydrogen) atoms. The normalized spacial score (nSPS) is 15.5. The van der Waals surface area contributed by atoms with Crippen molar-refractivity contribution in [3.05, 3.63) is 65.5 Å². The number of piperidine rings is 1. The van der Waals surface area contributed by atoms with Gasteiger partial charge >= 0.3 is 6.03 Å². The first kappa shape index (κ1) is 19.4. The highest BCUT2D eigenvalue weighted by Gasteiger charge is 2.27. The van der Waals surface area contributed by atoms with E-state index in [2.05, 4.69) is 17.1 Å². The van der Waals surface area contributed by atoms with Gasteiger partial charge in [-0.15, -0.1) is 0 Å². The zero-order valence-electron chi connectivity index (χ0n) is 16.1. The summed E-state index contributed by atoms with van der Waals surface area (Å²) in [5.41, 5.74) is 2.89. The van der Waals surface area contributed by atoms with E-state index in [1.807, 2.05) is 36.1 Å². The number of likely N-dealkylation sites (tertiary alicyclic amines) is 1. The summed E-state index contributed by atoms with van der Waals surface area (Å²) < 4.78 is 13.2. The number of rotatable bonds is 5. The van der Waals surface area contributed by atoms with Crippen LogP contribution in [0.1, 0.15) is 30.9 Å². The molecule has 0 saturated carbocycles. The number of halogens is 1. The van der Waals surface area contributed by atoms with Crippen molar-refractivity contribution in [2.45, 2.75) is 39.3 Å². The Morgan fingerprint density at radius 1 is 1.11 bits per heavy atom. The van der Waals surface area contributed by atoms with E-state index in [9.17, 15) is 9.18 Å². The van der Waals surface area contributed by atoms with E-state index >= 15 is 0 Å². The van der Waals surface area contributed by atoms with Gasteiger partial charge in [-0.2, -0.15) is 0 Å². The summed E-state index contributed by atoms with van der Waals surface area (Å²) in [7, 11) is 0. The predicted octanol–water partition coefficient (Wildman–Crippen LogP) is 4.65. The molecule has 144 valence electrons. The lowest BCUT2D eigenvalue weighted by Crippen LogP contribution is -2.48. The number of hydrogen-bond donors (Lipinski definition) is 1. The number of amides is 2. The van der Waals surface area contributed by atoms with Crippen LogP contribution in [-0.2, 0) is 6.54 Å². The summed E-state index contributed by atoms with van der Waals surface area (Å²) in [4.78, 5) is 17.4. The molecule has 0 radical (unpaired) electrons. The first-order valence-corrected chi connectivity index (χ1v) is 9.66. The van der Waals surface area contributed by atoms with E-state index < -0.39 is 0 Å². The second kappa shape index (κ2) is 9.00. The van der Waals surface area contributed by atoms with E-state index in [0.29, 0.717) is 6.54 Å². The van der Waals surface area contributed by atoms with Gasteiger partial charge in [-0.1, -0.05) is 36.8 Å². The van der Waals surface area contributed by atoms with Crippen molar-refractivity contribution in [2.24, 2.45) is 0 Å². The van der Waals surface area contributed by atoms with Gasteiger partial charge < -0.3 is 15.1 Å². The number of benzene rings is 2. The van der Waals surface area contributed by atoms with Gasteiger partial charge in [0.25, 0.3) is 0 Å². The smallest absolute Gasteiger partial charge is 0.317 e. The molecule has 4 nitrogen and oxygen atoms in total. The van der Waals surface area contributed by atoms with Crippen LogP contribution in [0, 0.1) is 12.7 Å². The Hall–Kier alpha value is -2.40. The zero-order valence-corrected chi connectivity index (χ0v) is 16.1. The Balaban J connectivity index is 1.74. The maximum Gasteiger partial charge on any atom is 0.322 e. The standard InChI is InChI=1S/C22H28FN3O/c1-3-25-14-12-21(13-15-25)26(16-18-6-8-19(23)9-7-18)22(27)24-20-10-4-17(2)5-11-20/h4-11,21H,3,12-16H2,1-2H3,(H,24,27). The summed E-state index contributed by atoms with van der Waals surface area (Å²) in [6.07, 6.45) is 1.91. The van der Waals surface area contributed by atoms with Gasteiger partial charge in [0, 0.05) is 31.4 Å². The van der Waals surface area contributed by atoms with Crippen LogP contribution in [0.4, 0.5) is 14.9 Å². The average molecular weight is 369 g/mol. The molecule has 2 aromatic rings. The lowest BCUT2D eigenvalue weighted by Gasteiger charge is -2.38. The SMILES string of the molecule is CCN1CCC(N(Cc2ccc(F)cc2)C(=O)Nc2ccc(C)cc2)CC1. The maximum absolute atomic E-state index is 13.2. The molecule has 0 aliphatic carbocycles. The van der Waals surface area contributed by atoms with Crippen molar-refractivity contribution < 1.29 is 9.18 Å². The van der Waals surface area contributed by atoms with Crippen LogP contribution in [0.15, 0.2) is 48.5 Å². The molecule has 1 N–H and O–H groups in total. The Kier molecular flexibility index (Phi) is 6.45. The van der Waals surface area contributed by atoms with Crippen molar-refractivity contribution in [1.29, 1.82) is 0 Å². The number of aryl methyl sites for hydroxylation is 1. The van der Waals surface area contributed by atoms with Gasteiger partial charge in [-0.25, -0.2) is 9.18 Å². The molecule has 3 rings (SSSR count). The molecular weight excluding hydrogens is 341 g/mol. The minimum absolute atomic E-state index is 0.0990. The number of anilines is 1. The van der Waals surface area contributed by atoms with Gasteiger partial charge in [0.2, 0.25) is 0 Å². The van der Waals surface area contributed by atoms with Crippen LogP contribution in [0.2, 0.25) is 0 Å². The number of nitrogens with one attached hydrogen (secondary N) is 1. The molecule has 1 fully saturated rings. The van der Waals surface area contributed by atoms with E-state index in [-0.39, 0.29) is 17.9 Å². The molecule has 0 spiro atoms. The third-order valence-corrected chi connectivity index (χ3v) is 5.27. The van der Waals surface area contributed by atoms with Gasteiger partial charge in [0.15, 0.2) is 0 Å². The third-order valence-electron chi connectivity index (χ3n) is 5.27. The van der Waals surface area contributed by atoms with Crippen LogP contribution in [0.5, 0.6) is 0 Å². The summed E-state index contributed by atoms with van der Waals surface area (Å²) in [5, 5.41) is 3.02. The molecule has 1 aliphatic heterocycles. The lowest BCUT2D eigenvalue weighted by molar-refractivity contribution is 0.126. The molecule has 1 heterocycles. The minimum atomic E-state index is -0.259. The highest BCUT2D eigenvalue weighted by Crippen LogP contribution is 2.21. The Morgan fingerprint density at radius 3 is 2.33 bits per heavy atom. The van der Waals surface area contributed by atoms with Crippen LogP contribution >= 0.6 is 0 Å². The Bertz CT molecular complexity index is 737. The molecular formula is C22H28FN3O. The maximum atomic E-state index is 13.2. The first-order valence-electron chi connectivity index (χ1n) is 9.66. The molecule has 0 unspecified atom stereocenters. The molecule has 2 aromatic carbocycles.